The highest BCUT2D eigenvalue weighted by molar-refractivity contribution is 5.75. The minimum absolute atomic E-state index is 0.00654. The fourth-order valence-electron chi connectivity index (χ4n) is 3.26. The van der Waals surface area contributed by atoms with Gasteiger partial charge in [-0.05, 0) is 37.5 Å². The summed E-state index contributed by atoms with van der Waals surface area (Å²) < 4.78 is 7.27. The number of ether oxygens (including phenoxy) is 1. The SMILES string of the molecule is COc1cccc(C2CCCN2C(=O)NC(C)Cn2ccnc2)c1. The van der Waals surface area contributed by atoms with E-state index in [9.17, 15) is 4.79 Å². The van der Waals surface area contributed by atoms with E-state index >= 15 is 0 Å². The van der Waals surface area contributed by atoms with Crippen LogP contribution in [0.5, 0.6) is 5.75 Å². The van der Waals surface area contributed by atoms with Crippen molar-refractivity contribution in [3.8, 4) is 5.75 Å². The third-order valence-corrected chi connectivity index (χ3v) is 4.41. The maximum absolute atomic E-state index is 12.7. The number of imidazole rings is 1. The summed E-state index contributed by atoms with van der Waals surface area (Å²) in [5.74, 6) is 0.827. The Labute approximate surface area is 142 Å². The lowest BCUT2D eigenvalue weighted by Crippen LogP contribution is -2.44. The Hall–Kier alpha value is -2.50. The fourth-order valence-corrected chi connectivity index (χ4v) is 3.26. The molecule has 0 bridgehead atoms. The highest BCUT2D eigenvalue weighted by Crippen LogP contribution is 2.33. The number of nitrogens with zero attached hydrogens (tertiary/aromatic N) is 3. The molecule has 6 nitrogen and oxygen atoms in total. The monoisotopic (exact) mass is 328 g/mol. The van der Waals surface area contributed by atoms with E-state index in [-0.39, 0.29) is 18.1 Å². The molecule has 0 spiro atoms. The number of hydrogen-bond donors (Lipinski definition) is 1. The predicted octanol–water partition coefficient (Wildman–Crippen LogP) is 2.83. The first-order valence-corrected chi connectivity index (χ1v) is 8.34. The third kappa shape index (κ3) is 3.69. The lowest BCUT2D eigenvalue weighted by atomic mass is 10.0. The van der Waals surface area contributed by atoms with Crippen molar-refractivity contribution in [3.63, 3.8) is 0 Å². The van der Waals surface area contributed by atoms with Crippen LogP contribution < -0.4 is 10.1 Å². The van der Waals surface area contributed by atoms with Crippen molar-refractivity contribution in [1.82, 2.24) is 19.8 Å². The van der Waals surface area contributed by atoms with E-state index in [1.54, 1.807) is 19.6 Å². The second-order valence-corrected chi connectivity index (χ2v) is 6.24. The molecule has 1 aliphatic rings. The van der Waals surface area contributed by atoms with Crippen LogP contribution in [0.15, 0.2) is 43.0 Å². The Bertz CT molecular complexity index is 671. The number of methoxy groups -OCH3 is 1. The van der Waals surface area contributed by atoms with Crippen LogP contribution >= 0.6 is 0 Å². The number of likely N-dealkylation sites (tertiary alicyclic amines) is 1. The molecule has 1 fully saturated rings. The standard InChI is InChI=1S/C18H24N4O2/c1-14(12-21-10-8-19-13-21)20-18(23)22-9-4-7-17(22)15-5-3-6-16(11-15)24-2/h3,5-6,8,10-11,13-14,17H,4,7,9,12H2,1-2H3,(H,20,23). The first-order valence-electron chi connectivity index (χ1n) is 8.34. The van der Waals surface area contributed by atoms with Crippen LogP contribution in [-0.2, 0) is 6.54 Å². The molecule has 1 saturated heterocycles. The second kappa shape index (κ2) is 7.38. The van der Waals surface area contributed by atoms with Crippen LogP contribution in [0.1, 0.15) is 31.4 Å². The molecular weight excluding hydrogens is 304 g/mol. The van der Waals surface area contributed by atoms with E-state index in [2.05, 4.69) is 16.4 Å². The van der Waals surface area contributed by atoms with Crippen molar-refractivity contribution in [2.24, 2.45) is 0 Å². The summed E-state index contributed by atoms with van der Waals surface area (Å²) in [5.41, 5.74) is 1.13. The number of hydrogen-bond acceptors (Lipinski definition) is 3. The highest BCUT2D eigenvalue weighted by atomic mass is 16.5. The molecule has 2 amide bonds. The van der Waals surface area contributed by atoms with Gasteiger partial charge in [0.25, 0.3) is 0 Å². The molecule has 6 heteroatoms. The molecule has 128 valence electrons. The number of benzene rings is 1. The lowest BCUT2D eigenvalue weighted by molar-refractivity contribution is 0.188. The zero-order chi connectivity index (χ0) is 16.9. The number of amides is 2. The predicted molar refractivity (Wildman–Crippen MR) is 91.9 cm³/mol. The molecule has 2 aromatic rings. The fraction of sp³-hybridized carbons (Fsp3) is 0.444. The van der Waals surface area contributed by atoms with Crippen molar-refractivity contribution >= 4 is 6.03 Å². The summed E-state index contributed by atoms with van der Waals surface area (Å²) in [6.07, 6.45) is 7.41. The van der Waals surface area contributed by atoms with Crippen LogP contribution in [0, 0.1) is 0 Å². The van der Waals surface area contributed by atoms with Crippen molar-refractivity contribution in [1.29, 1.82) is 0 Å². The van der Waals surface area contributed by atoms with Crippen molar-refractivity contribution in [2.45, 2.75) is 38.4 Å². The van der Waals surface area contributed by atoms with Gasteiger partial charge in [0, 0.05) is 31.5 Å². The van der Waals surface area contributed by atoms with Gasteiger partial charge in [-0.15, -0.1) is 0 Å². The van der Waals surface area contributed by atoms with E-state index in [1.807, 2.05) is 40.8 Å². The Morgan fingerprint density at radius 1 is 1.50 bits per heavy atom. The van der Waals surface area contributed by atoms with Gasteiger partial charge in [0.2, 0.25) is 0 Å². The molecular formula is C18H24N4O2. The number of nitrogens with one attached hydrogen (secondary N) is 1. The van der Waals surface area contributed by atoms with Gasteiger partial charge in [-0.1, -0.05) is 12.1 Å². The lowest BCUT2D eigenvalue weighted by Gasteiger charge is -2.27. The van der Waals surface area contributed by atoms with Gasteiger partial charge in [-0.25, -0.2) is 9.78 Å². The highest BCUT2D eigenvalue weighted by Gasteiger charge is 2.30. The minimum atomic E-state index is -0.00654. The van der Waals surface area contributed by atoms with Gasteiger partial charge < -0.3 is 19.5 Å². The van der Waals surface area contributed by atoms with E-state index in [1.165, 1.54) is 0 Å². The molecule has 0 aliphatic carbocycles. The molecule has 2 heterocycles. The summed E-state index contributed by atoms with van der Waals surface area (Å²) in [6, 6.07) is 8.13. The Morgan fingerprint density at radius 2 is 2.38 bits per heavy atom. The van der Waals surface area contributed by atoms with Gasteiger partial charge in [0.1, 0.15) is 5.75 Å². The zero-order valence-electron chi connectivity index (χ0n) is 14.2. The van der Waals surface area contributed by atoms with Gasteiger partial charge in [0.15, 0.2) is 0 Å². The molecule has 1 aliphatic heterocycles. The van der Waals surface area contributed by atoms with Crippen LogP contribution in [0.3, 0.4) is 0 Å². The van der Waals surface area contributed by atoms with Crippen LogP contribution in [-0.4, -0.2) is 40.2 Å². The third-order valence-electron chi connectivity index (χ3n) is 4.41. The summed E-state index contributed by atoms with van der Waals surface area (Å²) >= 11 is 0. The molecule has 1 aromatic carbocycles. The summed E-state index contributed by atoms with van der Waals surface area (Å²) in [5, 5.41) is 3.10. The number of urea groups is 1. The summed E-state index contributed by atoms with van der Waals surface area (Å²) in [4.78, 5) is 18.6. The molecule has 3 rings (SSSR count). The molecule has 0 saturated carbocycles. The van der Waals surface area contributed by atoms with Gasteiger partial charge >= 0.3 is 6.03 Å². The smallest absolute Gasteiger partial charge is 0.318 e. The topological polar surface area (TPSA) is 59.4 Å². The van der Waals surface area contributed by atoms with Gasteiger partial charge in [-0.3, -0.25) is 0 Å². The molecule has 2 atom stereocenters. The first kappa shape index (κ1) is 16.4. The minimum Gasteiger partial charge on any atom is -0.497 e. The van der Waals surface area contributed by atoms with Gasteiger partial charge in [0.05, 0.1) is 19.5 Å². The molecule has 0 radical (unpaired) electrons. The second-order valence-electron chi connectivity index (χ2n) is 6.24. The van der Waals surface area contributed by atoms with Gasteiger partial charge in [-0.2, -0.15) is 0 Å². The average molecular weight is 328 g/mol. The van der Waals surface area contributed by atoms with Crippen LogP contribution in [0.2, 0.25) is 0 Å². The first-order chi connectivity index (χ1) is 11.7. The van der Waals surface area contributed by atoms with E-state index in [0.29, 0.717) is 6.54 Å². The zero-order valence-corrected chi connectivity index (χ0v) is 14.2. The molecule has 24 heavy (non-hydrogen) atoms. The molecule has 1 N–H and O–H groups in total. The van der Waals surface area contributed by atoms with Crippen LogP contribution in [0.4, 0.5) is 4.79 Å². The number of carbonyl (C=O) groups is 1. The maximum Gasteiger partial charge on any atom is 0.318 e. The number of rotatable bonds is 5. The Morgan fingerprint density at radius 3 is 3.12 bits per heavy atom. The average Bonchev–Trinajstić information content (AvgIpc) is 3.26. The Kier molecular flexibility index (Phi) is 5.03. The molecule has 2 unspecified atom stereocenters. The van der Waals surface area contributed by atoms with Crippen molar-refractivity contribution < 1.29 is 9.53 Å². The van der Waals surface area contributed by atoms with E-state index in [4.69, 9.17) is 4.74 Å². The summed E-state index contributed by atoms with van der Waals surface area (Å²) in [7, 11) is 1.66. The normalized spacial score (nSPS) is 18.4. The quantitative estimate of drug-likeness (QED) is 0.918. The molecule has 1 aromatic heterocycles. The van der Waals surface area contributed by atoms with E-state index < -0.39 is 0 Å². The van der Waals surface area contributed by atoms with Crippen LogP contribution in [0.25, 0.3) is 0 Å². The van der Waals surface area contributed by atoms with Crippen molar-refractivity contribution in [2.75, 3.05) is 13.7 Å². The summed E-state index contributed by atoms with van der Waals surface area (Å²) in [6.45, 7) is 3.50. The largest absolute Gasteiger partial charge is 0.497 e. The Balaban J connectivity index is 1.64. The maximum atomic E-state index is 12.7. The number of carbonyl (C=O) groups excluding carboxylic acids is 1. The van der Waals surface area contributed by atoms with E-state index in [0.717, 1.165) is 30.7 Å². The van der Waals surface area contributed by atoms with Crippen molar-refractivity contribution in [3.05, 3.63) is 48.5 Å². The number of aromatic nitrogens is 2.